The molecule has 1 heterocycles. The Kier molecular flexibility index (Phi) is 5.46. The lowest BCUT2D eigenvalue weighted by Crippen LogP contribution is -2.30. The number of amides is 1. The van der Waals surface area contributed by atoms with Gasteiger partial charge in [0.25, 0.3) is 5.91 Å². The van der Waals surface area contributed by atoms with Crippen LogP contribution < -0.4 is 5.32 Å². The van der Waals surface area contributed by atoms with E-state index in [1.165, 1.54) is 25.2 Å². The van der Waals surface area contributed by atoms with Gasteiger partial charge in [0.1, 0.15) is 4.88 Å². The van der Waals surface area contributed by atoms with Gasteiger partial charge in [0.15, 0.2) is 11.9 Å². The van der Waals surface area contributed by atoms with Gasteiger partial charge in [0.05, 0.1) is 16.4 Å². The van der Waals surface area contributed by atoms with Crippen LogP contribution in [-0.2, 0) is 9.53 Å². The van der Waals surface area contributed by atoms with E-state index in [1.54, 1.807) is 38.1 Å². The van der Waals surface area contributed by atoms with Crippen LogP contribution in [0.15, 0.2) is 24.3 Å². The van der Waals surface area contributed by atoms with Crippen LogP contribution >= 0.6 is 11.3 Å². The predicted octanol–water partition coefficient (Wildman–Crippen LogP) is 3.15. The Morgan fingerprint density at radius 3 is 2.46 bits per heavy atom. The maximum atomic E-state index is 12.2. The molecular formula is C17H18N2O4S. The zero-order chi connectivity index (χ0) is 17.9. The fourth-order valence-electron chi connectivity index (χ4n) is 2.12. The summed E-state index contributed by atoms with van der Waals surface area (Å²) in [5.74, 6) is -1.25. The predicted molar refractivity (Wildman–Crippen MR) is 91.5 cm³/mol. The van der Waals surface area contributed by atoms with E-state index >= 15 is 0 Å². The zero-order valence-corrected chi connectivity index (χ0v) is 14.7. The van der Waals surface area contributed by atoms with Crippen molar-refractivity contribution in [3.05, 3.63) is 45.4 Å². The van der Waals surface area contributed by atoms with Crippen molar-refractivity contribution in [3.63, 3.8) is 0 Å². The number of carbonyl (C=O) groups excluding carboxylic acids is 3. The number of aryl methyl sites for hydroxylation is 2. The first-order valence-corrected chi connectivity index (χ1v) is 8.17. The normalized spacial score (nSPS) is 11.7. The van der Waals surface area contributed by atoms with Crippen LogP contribution in [0.1, 0.15) is 44.6 Å². The van der Waals surface area contributed by atoms with Gasteiger partial charge in [0, 0.05) is 5.56 Å². The van der Waals surface area contributed by atoms with Crippen LogP contribution in [0.3, 0.4) is 0 Å². The minimum Gasteiger partial charge on any atom is -0.448 e. The first-order chi connectivity index (χ1) is 11.3. The summed E-state index contributed by atoms with van der Waals surface area (Å²) in [6.07, 6.45) is -1.00. The molecule has 24 heavy (non-hydrogen) atoms. The fourth-order valence-corrected chi connectivity index (χ4v) is 2.92. The molecule has 1 N–H and O–H groups in total. The van der Waals surface area contributed by atoms with Crippen LogP contribution in [0.5, 0.6) is 0 Å². The Labute approximate surface area is 143 Å². The van der Waals surface area contributed by atoms with Gasteiger partial charge >= 0.3 is 5.97 Å². The minimum absolute atomic E-state index is 0.161. The molecule has 126 valence electrons. The minimum atomic E-state index is -1.00. The molecule has 0 radical (unpaired) electrons. The second kappa shape index (κ2) is 7.35. The quantitative estimate of drug-likeness (QED) is 0.664. The third-order valence-electron chi connectivity index (χ3n) is 3.31. The van der Waals surface area contributed by atoms with Crippen molar-refractivity contribution in [1.29, 1.82) is 0 Å². The van der Waals surface area contributed by atoms with Gasteiger partial charge < -0.3 is 10.1 Å². The molecule has 0 spiro atoms. The third kappa shape index (κ3) is 4.05. The number of para-hydroxylation sites is 1. The SMILES string of the molecule is CC(=O)c1ccccc1NC(=O)[C@H](C)OC(=O)c1sc(C)nc1C. The molecule has 0 fully saturated rings. The monoisotopic (exact) mass is 346 g/mol. The summed E-state index contributed by atoms with van der Waals surface area (Å²) < 4.78 is 5.20. The second-order valence-corrected chi connectivity index (χ2v) is 6.49. The molecule has 0 saturated carbocycles. The van der Waals surface area contributed by atoms with E-state index in [0.29, 0.717) is 21.8 Å². The molecule has 6 nitrogen and oxygen atoms in total. The molecule has 2 aromatic rings. The highest BCUT2D eigenvalue weighted by Gasteiger charge is 2.23. The van der Waals surface area contributed by atoms with Gasteiger partial charge in [-0.3, -0.25) is 9.59 Å². The Bertz CT molecular complexity index is 798. The average Bonchev–Trinajstić information content (AvgIpc) is 2.86. The highest BCUT2D eigenvalue weighted by atomic mass is 32.1. The van der Waals surface area contributed by atoms with Crippen molar-refractivity contribution in [3.8, 4) is 0 Å². The number of nitrogens with zero attached hydrogens (tertiary/aromatic N) is 1. The number of ketones is 1. The maximum Gasteiger partial charge on any atom is 0.351 e. The molecule has 0 aliphatic carbocycles. The van der Waals surface area contributed by atoms with Crippen LogP contribution in [-0.4, -0.2) is 28.7 Å². The van der Waals surface area contributed by atoms with Gasteiger partial charge in [-0.05, 0) is 39.8 Å². The summed E-state index contributed by atoms with van der Waals surface area (Å²) in [4.78, 5) is 40.5. The van der Waals surface area contributed by atoms with E-state index in [9.17, 15) is 14.4 Å². The number of aromatic nitrogens is 1. The third-order valence-corrected chi connectivity index (χ3v) is 4.36. The number of anilines is 1. The number of hydrogen-bond acceptors (Lipinski definition) is 6. The lowest BCUT2D eigenvalue weighted by atomic mass is 10.1. The highest BCUT2D eigenvalue weighted by molar-refractivity contribution is 7.13. The summed E-state index contributed by atoms with van der Waals surface area (Å²) in [6, 6.07) is 6.67. The number of Topliss-reactive ketones (excluding diaryl/α,β-unsaturated/α-hetero) is 1. The number of rotatable bonds is 5. The molecular weight excluding hydrogens is 328 g/mol. The van der Waals surface area contributed by atoms with E-state index in [-0.39, 0.29) is 5.78 Å². The molecule has 1 aromatic carbocycles. The van der Waals surface area contributed by atoms with Crippen LogP contribution in [0.25, 0.3) is 0 Å². The van der Waals surface area contributed by atoms with Crippen LogP contribution in [0.4, 0.5) is 5.69 Å². The molecule has 1 atom stereocenters. The molecule has 1 aromatic heterocycles. The molecule has 2 rings (SSSR count). The lowest BCUT2D eigenvalue weighted by molar-refractivity contribution is -0.123. The highest BCUT2D eigenvalue weighted by Crippen LogP contribution is 2.20. The average molecular weight is 346 g/mol. The second-order valence-electron chi connectivity index (χ2n) is 5.29. The number of nitrogens with one attached hydrogen (secondary N) is 1. The Morgan fingerprint density at radius 1 is 1.21 bits per heavy atom. The topological polar surface area (TPSA) is 85.4 Å². The standard InChI is InChI=1S/C17H18N2O4S/c1-9-15(24-12(4)18-9)17(22)23-11(3)16(21)19-14-8-6-5-7-13(14)10(2)20/h5-8,11H,1-4H3,(H,19,21)/t11-/m0/s1. The lowest BCUT2D eigenvalue weighted by Gasteiger charge is -2.14. The summed E-state index contributed by atoms with van der Waals surface area (Å²) in [6.45, 7) is 6.41. The fraction of sp³-hybridized carbons (Fsp3) is 0.294. The first kappa shape index (κ1) is 17.8. The zero-order valence-electron chi connectivity index (χ0n) is 13.9. The van der Waals surface area contributed by atoms with Gasteiger partial charge in [-0.2, -0.15) is 0 Å². The largest absolute Gasteiger partial charge is 0.448 e. The van der Waals surface area contributed by atoms with Crippen molar-refractivity contribution in [1.82, 2.24) is 4.98 Å². The van der Waals surface area contributed by atoms with E-state index in [0.717, 1.165) is 5.01 Å². The van der Waals surface area contributed by atoms with Crippen molar-refractivity contribution in [2.75, 3.05) is 5.32 Å². The van der Waals surface area contributed by atoms with Crippen LogP contribution in [0, 0.1) is 13.8 Å². The molecule has 0 aliphatic heterocycles. The number of benzene rings is 1. The smallest absolute Gasteiger partial charge is 0.351 e. The number of esters is 1. The first-order valence-electron chi connectivity index (χ1n) is 7.35. The number of carbonyl (C=O) groups is 3. The van der Waals surface area contributed by atoms with E-state index in [1.807, 2.05) is 0 Å². The number of ether oxygens (including phenoxy) is 1. The summed E-state index contributed by atoms with van der Waals surface area (Å²) in [5.41, 5.74) is 1.37. The summed E-state index contributed by atoms with van der Waals surface area (Å²) >= 11 is 1.22. The van der Waals surface area contributed by atoms with Crippen molar-refractivity contribution in [2.45, 2.75) is 33.8 Å². The van der Waals surface area contributed by atoms with Gasteiger partial charge in [-0.25, -0.2) is 9.78 Å². The molecule has 0 unspecified atom stereocenters. The Morgan fingerprint density at radius 2 is 1.88 bits per heavy atom. The van der Waals surface area contributed by atoms with E-state index in [4.69, 9.17) is 4.74 Å². The molecule has 1 amide bonds. The van der Waals surface area contributed by atoms with Gasteiger partial charge in [-0.15, -0.1) is 11.3 Å². The molecule has 0 saturated heterocycles. The van der Waals surface area contributed by atoms with Crippen molar-refractivity contribution < 1.29 is 19.1 Å². The van der Waals surface area contributed by atoms with Crippen LogP contribution in [0.2, 0.25) is 0 Å². The molecule has 7 heteroatoms. The molecule has 0 bridgehead atoms. The Hall–Kier alpha value is -2.54. The Balaban J connectivity index is 2.06. The van der Waals surface area contributed by atoms with E-state index in [2.05, 4.69) is 10.3 Å². The molecule has 0 aliphatic rings. The van der Waals surface area contributed by atoms with Crippen molar-refractivity contribution >= 4 is 34.7 Å². The van der Waals surface area contributed by atoms with E-state index < -0.39 is 18.0 Å². The number of hydrogen-bond donors (Lipinski definition) is 1. The maximum absolute atomic E-state index is 12.2. The summed E-state index contributed by atoms with van der Waals surface area (Å²) in [5, 5.41) is 3.38. The van der Waals surface area contributed by atoms with Gasteiger partial charge in [-0.1, -0.05) is 12.1 Å². The summed E-state index contributed by atoms with van der Waals surface area (Å²) in [7, 11) is 0. The van der Waals surface area contributed by atoms with Crippen molar-refractivity contribution in [2.24, 2.45) is 0 Å². The number of thiazole rings is 1. The van der Waals surface area contributed by atoms with Gasteiger partial charge in [0.2, 0.25) is 0 Å².